The number of hydrogen-bond acceptors (Lipinski definition) is 4. The van der Waals surface area contributed by atoms with Gasteiger partial charge in [0.15, 0.2) is 5.69 Å². The Morgan fingerprint density at radius 3 is 3.20 bits per heavy atom. The highest BCUT2D eigenvalue weighted by atomic mass is 16.5. The van der Waals surface area contributed by atoms with Gasteiger partial charge in [-0.2, -0.15) is 0 Å². The van der Waals surface area contributed by atoms with Gasteiger partial charge in [0.05, 0.1) is 18.3 Å². The SMILES string of the molecule is C=C[C@@H]1OCC[C@H]1NC(=O)c1cn(CCC(C)C)nn1. The largest absolute Gasteiger partial charge is 0.372 e. The Morgan fingerprint density at radius 2 is 2.50 bits per heavy atom. The molecule has 0 saturated carbocycles. The predicted octanol–water partition coefficient (Wildman–Crippen LogP) is 1.40. The second kappa shape index (κ2) is 6.65. The smallest absolute Gasteiger partial charge is 0.273 e. The molecule has 6 heteroatoms. The molecule has 1 aliphatic heterocycles. The Kier molecular flexibility index (Phi) is 4.89. The van der Waals surface area contributed by atoms with Crippen molar-refractivity contribution in [3.63, 3.8) is 0 Å². The summed E-state index contributed by atoms with van der Waals surface area (Å²) in [5.41, 5.74) is 0.350. The van der Waals surface area contributed by atoms with Crippen LogP contribution >= 0.6 is 0 Å². The molecular formula is C14H22N4O2. The monoisotopic (exact) mass is 278 g/mol. The first-order valence-electron chi connectivity index (χ1n) is 7.05. The summed E-state index contributed by atoms with van der Waals surface area (Å²) in [6, 6.07) is -0.0270. The van der Waals surface area contributed by atoms with Crippen LogP contribution in [0.1, 0.15) is 37.2 Å². The van der Waals surface area contributed by atoms with Crippen LogP contribution in [0, 0.1) is 5.92 Å². The quantitative estimate of drug-likeness (QED) is 0.799. The fraction of sp³-hybridized carbons (Fsp3) is 0.643. The number of aromatic nitrogens is 3. The molecule has 1 fully saturated rings. The highest BCUT2D eigenvalue weighted by Crippen LogP contribution is 2.14. The van der Waals surface area contributed by atoms with E-state index in [-0.39, 0.29) is 18.1 Å². The number of amides is 1. The van der Waals surface area contributed by atoms with Crippen LogP contribution in [-0.2, 0) is 11.3 Å². The lowest BCUT2D eigenvalue weighted by Gasteiger charge is -2.15. The minimum Gasteiger partial charge on any atom is -0.372 e. The van der Waals surface area contributed by atoms with Crippen molar-refractivity contribution in [1.29, 1.82) is 0 Å². The van der Waals surface area contributed by atoms with Gasteiger partial charge in [-0.3, -0.25) is 9.48 Å². The third-order valence-electron chi connectivity index (χ3n) is 3.39. The number of carbonyl (C=O) groups is 1. The zero-order valence-electron chi connectivity index (χ0n) is 12.1. The van der Waals surface area contributed by atoms with Gasteiger partial charge in [0.25, 0.3) is 5.91 Å². The molecule has 1 aromatic rings. The Labute approximate surface area is 119 Å². The van der Waals surface area contributed by atoms with Crippen LogP contribution in [0.3, 0.4) is 0 Å². The van der Waals surface area contributed by atoms with E-state index in [2.05, 4.69) is 36.1 Å². The van der Waals surface area contributed by atoms with Crippen molar-refractivity contribution in [3.05, 3.63) is 24.5 Å². The van der Waals surface area contributed by atoms with Gasteiger partial charge < -0.3 is 10.1 Å². The summed E-state index contributed by atoms with van der Waals surface area (Å²) in [6.45, 7) is 9.43. The van der Waals surface area contributed by atoms with Crippen molar-refractivity contribution in [1.82, 2.24) is 20.3 Å². The molecule has 6 nitrogen and oxygen atoms in total. The predicted molar refractivity (Wildman–Crippen MR) is 75.3 cm³/mol. The molecule has 0 unspecified atom stereocenters. The molecule has 2 rings (SSSR count). The topological polar surface area (TPSA) is 69.0 Å². The van der Waals surface area contributed by atoms with E-state index in [1.165, 1.54) is 0 Å². The molecule has 1 amide bonds. The van der Waals surface area contributed by atoms with Crippen molar-refractivity contribution >= 4 is 5.91 Å². The molecule has 1 aromatic heterocycles. The molecule has 1 aliphatic rings. The first-order chi connectivity index (χ1) is 9.60. The number of nitrogens with zero attached hydrogens (tertiary/aromatic N) is 3. The summed E-state index contributed by atoms with van der Waals surface area (Å²) in [7, 11) is 0. The molecule has 0 bridgehead atoms. The van der Waals surface area contributed by atoms with Gasteiger partial charge in [0.2, 0.25) is 0 Å². The molecule has 20 heavy (non-hydrogen) atoms. The molecule has 0 radical (unpaired) electrons. The second-order valence-electron chi connectivity index (χ2n) is 5.49. The lowest BCUT2D eigenvalue weighted by Crippen LogP contribution is -2.39. The Hall–Kier alpha value is -1.69. The fourth-order valence-electron chi connectivity index (χ4n) is 2.14. The number of hydrogen-bond donors (Lipinski definition) is 1. The summed E-state index contributed by atoms with van der Waals surface area (Å²) in [5, 5.41) is 10.8. The highest BCUT2D eigenvalue weighted by molar-refractivity contribution is 5.92. The van der Waals surface area contributed by atoms with Crippen molar-refractivity contribution in [2.75, 3.05) is 6.61 Å². The van der Waals surface area contributed by atoms with E-state index in [0.29, 0.717) is 18.2 Å². The number of carbonyl (C=O) groups excluding carboxylic acids is 1. The second-order valence-corrected chi connectivity index (χ2v) is 5.49. The lowest BCUT2D eigenvalue weighted by atomic mass is 10.1. The third-order valence-corrected chi connectivity index (χ3v) is 3.39. The van der Waals surface area contributed by atoms with Crippen LogP contribution in [-0.4, -0.2) is 39.7 Å². The van der Waals surface area contributed by atoms with E-state index in [4.69, 9.17) is 4.74 Å². The van der Waals surface area contributed by atoms with Crippen LogP contribution in [0.15, 0.2) is 18.9 Å². The number of nitrogens with one attached hydrogen (secondary N) is 1. The lowest BCUT2D eigenvalue weighted by molar-refractivity contribution is 0.0895. The fourth-order valence-corrected chi connectivity index (χ4v) is 2.14. The minimum atomic E-state index is -0.205. The van der Waals surface area contributed by atoms with Crippen LogP contribution in [0.2, 0.25) is 0 Å². The molecular weight excluding hydrogens is 256 g/mol. The average molecular weight is 278 g/mol. The van der Waals surface area contributed by atoms with Gasteiger partial charge in [0, 0.05) is 13.2 Å². The summed E-state index contributed by atoms with van der Waals surface area (Å²) < 4.78 is 7.16. The van der Waals surface area contributed by atoms with Gasteiger partial charge in [0.1, 0.15) is 0 Å². The van der Waals surface area contributed by atoms with Crippen LogP contribution in [0.25, 0.3) is 0 Å². The van der Waals surface area contributed by atoms with Crippen LogP contribution in [0.4, 0.5) is 0 Å². The van der Waals surface area contributed by atoms with E-state index in [0.717, 1.165) is 19.4 Å². The number of aryl methyl sites for hydroxylation is 1. The van der Waals surface area contributed by atoms with Gasteiger partial charge in [-0.1, -0.05) is 25.1 Å². The molecule has 2 atom stereocenters. The van der Waals surface area contributed by atoms with Gasteiger partial charge in [-0.25, -0.2) is 0 Å². The van der Waals surface area contributed by atoms with Crippen molar-refractivity contribution < 1.29 is 9.53 Å². The molecule has 110 valence electrons. The first kappa shape index (κ1) is 14.7. The Balaban J connectivity index is 1.90. The van der Waals surface area contributed by atoms with Gasteiger partial charge >= 0.3 is 0 Å². The van der Waals surface area contributed by atoms with E-state index in [9.17, 15) is 4.79 Å². The summed E-state index contributed by atoms with van der Waals surface area (Å²) in [6.07, 6.45) is 5.10. The minimum absolute atomic E-state index is 0.0270. The molecule has 0 aliphatic carbocycles. The molecule has 1 N–H and O–H groups in total. The molecule has 0 aromatic carbocycles. The van der Waals surface area contributed by atoms with E-state index in [1.807, 2.05) is 0 Å². The van der Waals surface area contributed by atoms with Crippen molar-refractivity contribution in [2.24, 2.45) is 5.92 Å². The number of ether oxygens (including phenoxy) is 1. The maximum atomic E-state index is 12.1. The highest BCUT2D eigenvalue weighted by Gasteiger charge is 2.28. The normalized spacial score (nSPS) is 22.1. The van der Waals surface area contributed by atoms with E-state index < -0.39 is 0 Å². The van der Waals surface area contributed by atoms with E-state index >= 15 is 0 Å². The third kappa shape index (κ3) is 3.66. The van der Waals surface area contributed by atoms with Crippen LogP contribution < -0.4 is 5.32 Å². The van der Waals surface area contributed by atoms with Crippen molar-refractivity contribution in [3.8, 4) is 0 Å². The zero-order chi connectivity index (χ0) is 14.5. The van der Waals surface area contributed by atoms with E-state index in [1.54, 1.807) is 17.0 Å². The summed E-state index contributed by atoms with van der Waals surface area (Å²) in [4.78, 5) is 12.1. The van der Waals surface area contributed by atoms with Gasteiger partial charge in [-0.15, -0.1) is 11.7 Å². The maximum absolute atomic E-state index is 12.1. The first-order valence-corrected chi connectivity index (χ1v) is 7.05. The summed E-state index contributed by atoms with van der Waals surface area (Å²) >= 11 is 0. The standard InChI is InChI=1S/C14H22N4O2/c1-4-13-11(6-8-20-13)15-14(19)12-9-18(17-16-12)7-5-10(2)3/h4,9-11,13H,1,5-8H2,2-3H3,(H,15,19)/t11-,13+/m1/s1. The Morgan fingerprint density at radius 1 is 1.70 bits per heavy atom. The Bertz CT molecular complexity index is 469. The number of rotatable bonds is 6. The molecule has 0 spiro atoms. The summed E-state index contributed by atoms with van der Waals surface area (Å²) in [5.74, 6) is 0.392. The molecule has 1 saturated heterocycles. The molecule has 2 heterocycles. The average Bonchev–Trinajstić information content (AvgIpc) is 3.04. The van der Waals surface area contributed by atoms with Crippen LogP contribution in [0.5, 0.6) is 0 Å². The maximum Gasteiger partial charge on any atom is 0.273 e. The van der Waals surface area contributed by atoms with Gasteiger partial charge in [-0.05, 0) is 18.8 Å². The van der Waals surface area contributed by atoms with Crippen molar-refractivity contribution in [2.45, 2.75) is 45.4 Å². The zero-order valence-corrected chi connectivity index (χ0v) is 12.1.